The minimum absolute atomic E-state index is 0.585. The molecule has 0 radical (unpaired) electrons. The van der Waals surface area contributed by atoms with Crippen molar-refractivity contribution in [2.45, 2.75) is 14.7 Å². The summed E-state index contributed by atoms with van der Waals surface area (Å²) >= 11 is 0. The molecule has 224 valence electrons. The molecule has 0 aromatic heterocycles. The Balaban J connectivity index is 2.21. The lowest BCUT2D eigenvalue weighted by Crippen LogP contribution is -2.24. The molecule has 20 heteroatoms. The number of phosphoric acid groups is 1. The van der Waals surface area contributed by atoms with Crippen LogP contribution in [-0.4, -0.2) is 46.6 Å². The van der Waals surface area contributed by atoms with Crippen LogP contribution in [0.1, 0.15) is 0 Å². The summed E-state index contributed by atoms with van der Waals surface area (Å²) in [6.07, 6.45) is 0. The van der Waals surface area contributed by atoms with Gasteiger partial charge in [-0.2, -0.15) is 4.57 Å². The molecule has 41 heavy (non-hydrogen) atoms. The zero-order chi connectivity index (χ0) is 30.3. The summed E-state index contributed by atoms with van der Waals surface area (Å²) in [6.45, 7) is 0. The van der Waals surface area contributed by atoms with Crippen LogP contribution >= 0.6 is 7.82 Å². The maximum Gasteiger partial charge on any atom is 0.647 e. The third-order valence-electron chi connectivity index (χ3n) is 4.63. The van der Waals surface area contributed by atoms with Gasteiger partial charge in [0.15, 0.2) is 17.2 Å². The van der Waals surface area contributed by atoms with Gasteiger partial charge in [0.25, 0.3) is 30.1 Å². The second-order valence-corrected chi connectivity index (χ2v) is 13.7. The van der Waals surface area contributed by atoms with Crippen LogP contribution in [0.2, 0.25) is 0 Å². The molecule has 0 aliphatic rings. The second-order valence-electron chi connectivity index (χ2n) is 7.43. The number of phosphoric ester groups is 1. The molecule has 0 atom stereocenters. The first-order valence-electron chi connectivity index (χ1n) is 10.9. The number of benzene rings is 3. The van der Waals surface area contributed by atoms with Crippen LogP contribution in [0, 0.1) is 0 Å². The molecule has 16 nitrogen and oxygen atoms in total. The van der Waals surface area contributed by atoms with Crippen LogP contribution in [0.5, 0.6) is 17.2 Å². The van der Waals surface area contributed by atoms with Gasteiger partial charge in [-0.1, -0.05) is 51.1 Å². The largest absolute Gasteiger partial charge is 0.647 e. The third-order valence-corrected chi connectivity index (χ3v) is 9.79. The van der Waals surface area contributed by atoms with E-state index in [9.17, 15) is 29.8 Å². The van der Waals surface area contributed by atoms with Crippen LogP contribution < -0.4 is 28.2 Å². The van der Waals surface area contributed by atoms with Crippen molar-refractivity contribution in [1.82, 2.24) is 14.7 Å². The van der Waals surface area contributed by atoms with Gasteiger partial charge in [0, 0.05) is 0 Å². The SMILES string of the molecule is CONS(=O)(=O)c1ccccc1OP(=O)(Oc1ccccc1S(=O)(=O)NOC)Oc1ccccc1S(=O)(=O)NOC. The lowest BCUT2D eigenvalue weighted by Gasteiger charge is -2.22. The lowest BCUT2D eigenvalue weighted by atomic mass is 10.3. The Hall–Kier alpha value is -3.10. The zero-order valence-electron chi connectivity index (χ0n) is 21.4. The van der Waals surface area contributed by atoms with Crippen molar-refractivity contribution >= 4 is 37.9 Å². The summed E-state index contributed by atoms with van der Waals surface area (Å²) in [5.41, 5.74) is 0. The molecule has 0 fully saturated rings. The highest BCUT2D eigenvalue weighted by Gasteiger charge is 2.39. The molecule has 0 aliphatic heterocycles. The maximum atomic E-state index is 14.2. The maximum absolute atomic E-state index is 14.2. The average Bonchev–Trinajstić information content (AvgIpc) is 2.89. The lowest BCUT2D eigenvalue weighted by molar-refractivity contribution is 0.153. The van der Waals surface area contributed by atoms with E-state index in [1.165, 1.54) is 36.4 Å². The van der Waals surface area contributed by atoms with Gasteiger partial charge in [0.05, 0.1) is 21.3 Å². The molecule has 0 aliphatic carbocycles. The summed E-state index contributed by atoms with van der Waals surface area (Å²) < 4.78 is 107. The van der Waals surface area contributed by atoms with E-state index in [0.29, 0.717) is 0 Å². The van der Waals surface area contributed by atoms with Gasteiger partial charge in [-0.3, -0.25) is 14.5 Å². The van der Waals surface area contributed by atoms with Gasteiger partial charge in [0.2, 0.25) is 0 Å². The van der Waals surface area contributed by atoms with E-state index in [2.05, 4.69) is 14.5 Å². The first kappa shape index (κ1) is 32.4. The van der Waals surface area contributed by atoms with Crippen molar-refractivity contribution in [3.8, 4) is 17.2 Å². The topological polar surface area (TPSA) is 211 Å². The fourth-order valence-electron chi connectivity index (χ4n) is 3.12. The fraction of sp³-hybridized carbons (Fsp3) is 0.143. The Kier molecular flexibility index (Phi) is 10.5. The van der Waals surface area contributed by atoms with Crippen LogP contribution in [0.4, 0.5) is 0 Å². The van der Waals surface area contributed by atoms with Crippen molar-refractivity contribution in [2.24, 2.45) is 0 Å². The first-order chi connectivity index (χ1) is 19.3. The number of sulfonamides is 3. The normalized spacial score (nSPS) is 12.6. The van der Waals surface area contributed by atoms with Gasteiger partial charge in [0.1, 0.15) is 14.7 Å². The highest BCUT2D eigenvalue weighted by molar-refractivity contribution is 7.90. The number of para-hydroxylation sites is 3. The molecule has 0 saturated heterocycles. The van der Waals surface area contributed by atoms with Crippen molar-refractivity contribution in [1.29, 1.82) is 0 Å². The Morgan fingerprint density at radius 1 is 0.488 bits per heavy atom. The number of nitrogens with one attached hydrogen (secondary N) is 3. The Morgan fingerprint density at radius 3 is 0.976 bits per heavy atom. The number of hydrogen-bond acceptors (Lipinski definition) is 13. The van der Waals surface area contributed by atoms with Gasteiger partial charge < -0.3 is 13.6 Å². The Labute approximate surface area is 236 Å². The second kappa shape index (κ2) is 13.3. The van der Waals surface area contributed by atoms with E-state index >= 15 is 0 Å². The minimum Gasteiger partial charge on any atom is -0.384 e. The molecule has 0 heterocycles. The summed E-state index contributed by atoms with van der Waals surface area (Å²) in [7, 11) is -15.4. The van der Waals surface area contributed by atoms with Crippen molar-refractivity contribution in [3.05, 3.63) is 72.8 Å². The van der Waals surface area contributed by atoms with Gasteiger partial charge in [-0.05, 0) is 36.4 Å². The highest BCUT2D eigenvalue weighted by Crippen LogP contribution is 2.52. The van der Waals surface area contributed by atoms with E-state index < -0.39 is 69.8 Å². The van der Waals surface area contributed by atoms with E-state index in [1.807, 2.05) is 0 Å². The summed E-state index contributed by atoms with van der Waals surface area (Å²) in [6, 6.07) is 14.4. The van der Waals surface area contributed by atoms with Crippen molar-refractivity contribution < 1.29 is 57.9 Å². The van der Waals surface area contributed by atoms with E-state index in [0.717, 1.165) is 57.7 Å². The molecule has 3 aromatic carbocycles. The molecule has 0 amide bonds. The minimum atomic E-state index is -5.23. The van der Waals surface area contributed by atoms with Crippen LogP contribution in [-0.2, 0) is 49.1 Å². The van der Waals surface area contributed by atoms with Crippen LogP contribution in [0.25, 0.3) is 0 Å². The molecule has 3 N–H and O–H groups in total. The molecule has 0 bridgehead atoms. The average molecular weight is 654 g/mol. The molecular weight excluding hydrogens is 629 g/mol. The zero-order valence-corrected chi connectivity index (χ0v) is 24.8. The first-order valence-corrected chi connectivity index (χ1v) is 16.8. The van der Waals surface area contributed by atoms with E-state index in [4.69, 9.17) is 13.6 Å². The Morgan fingerprint density at radius 2 is 0.732 bits per heavy atom. The Bertz CT molecular complexity index is 1550. The standard InChI is InChI=1S/C21H24N3O13PS3/c1-32-22-39(26,27)19-13-7-4-10-16(19)35-38(25,36-17-11-5-8-14-20(17)40(28,29)23-33-2)37-18-12-6-9-15-21(18)41(30,31)24-34-3/h4-15,22-24H,1-3H3. The van der Waals surface area contributed by atoms with Gasteiger partial charge in [-0.25, -0.2) is 25.3 Å². The van der Waals surface area contributed by atoms with E-state index in [1.54, 1.807) is 14.7 Å². The predicted octanol–water partition coefficient (Wildman–Crippen LogP) is 1.85. The molecule has 0 saturated carbocycles. The molecule has 0 unspecified atom stereocenters. The molecular formula is C21H24N3O13PS3. The molecule has 3 aromatic rings. The third kappa shape index (κ3) is 8.01. The van der Waals surface area contributed by atoms with E-state index in [-0.39, 0.29) is 0 Å². The summed E-state index contributed by atoms with van der Waals surface area (Å²) in [5, 5.41) is 0. The summed E-state index contributed by atoms with van der Waals surface area (Å²) in [4.78, 5) is 17.0. The van der Waals surface area contributed by atoms with Gasteiger partial charge >= 0.3 is 7.82 Å². The number of rotatable bonds is 15. The monoisotopic (exact) mass is 653 g/mol. The van der Waals surface area contributed by atoms with Crippen LogP contribution in [0.3, 0.4) is 0 Å². The molecule has 3 rings (SSSR count). The quantitative estimate of drug-likeness (QED) is 0.158. The predicted molar refractivity (Wildman–Crippen MR) is 141 cm³/mol. The highest BCUT2D eigenvalue weighted by atomic mass is 32.2. The smallest absolute Gasteiger partial charge is 0.384 e. The summed E-state index contributed by atoms with van der Waals surface area (Å²) in [5.74, 6) is -1.77. The number of hydrogen-bond donors (Lipinski definition) is 3. The van der Waals surface area contributed by atoms with Crippen LogP contribution in [0.15, 0.2) is 87.5 Å². The van der Waals surface area contributed by atoms with Crippen molar-refractivity contribution in [2.75, 3.05) is 21.3 Å². The van der Waals surface area contributed by atoms with Crippen molar-refractivity contribution in [3.63, 3.8) is 0 Å². The molecule has 0 spiro atoms. The van der Waals surface area contributed by atoms with Gasteiger partial charge in [-0.15, -0.1) is 0 Å². The fourth-order valence-corrected chi connectivity index (χ4v) is 7.45.